The molecule has 0 bridgehead atoms. The summed E-state index contributed by atoms with van der Waals surface area (Å²) >= 11 is 0. The predicted octanol–water partition coefficient (Wildman–Crippen LogP) is 1.62. The highest BCUT2D eigenvalue weighted by Crippen LogP contribution is 2.18. The minimum absolute atomic E-state index is 0.0739. The van der Waals surface area contributed by atoms with Gasteiger partial charge in [-0.15, -0.1) is 0 Å². The number of ether oxygens (including phenoxy) is 2. The molecule has 0 spiro atoms. The molecular formula is C11H14O3. The number of aliphatic hydroxyl groups excluding tert-OH is 1. The first-order valence-electron chi connectivity index (χ1n) is 4.34. The zero-order valence-corrected chi connectivity index (χ0v) is 8.14. The average Bonchev–Trinajstić information content (AvgIpc) is 2.26. The second-order valence-electron chi connectivity index (χ2n) is 2.75. The smallest absolute Gasteiger partial charge is 0.140 e. The monoisotopic (exact) mass is 194 g/mol. The fraction of sp³-hybridized carbons (Fsp3) is 0.273. The quantitative estimate of drug-likeness (QED) is 0.724. The van der Waals surface area contributed by atoms with Crippen LogP contribution in [0.3, 0.4) is 0 Å². The van der Waals surface area contributed by atoms with Crippen molar-refractivity contribution in [2.24, 2.45) is 0 Å². The third-order valence-electron chi connectivity index (χ3n) is 1.79. The summed E-state index contributed by atoms with van der Waals surface area (Å²) in [6, 6.07) is 7.16. The van der Waals surface area contributed by atoms with Crippen LogP contribution >= 0.6 is 0 Å². The van der Waals surface area contributed by atoms with Crippen molar-refractivity contribution in [1.29, 1.82) is 0 Å². The van der Waals surface area contributed by atoms with E-state index in [2.05, 4.69) is 6.58 Å². The largest absolute Gasteiger partial charge is 0.497 e. The van der Waals surface area contributed by atoms with Crippen LogP contribution in [0, 0.1) is 0 Å². The van der Waals surface area contributed by atoms with Crippen molar-refractivity contribution >= 4 is 0 Å². The van der Waals surface area contributed by atoms with Gasteiger partial charge >= 0.3 is 0 Å². The fourth-order valence-electron chi connectivity index (χ4n) is 0.989. The minimum Gasteiger partial charge on any atom is -0.497 e. The number of hydrogen-bond donors (Lipinski definition) is 1. The molecule has 1 aromatic carbocycles. The van der Waals surface area contributed by atoms with Crippen molar-refractivity contribution in [2.75, 3.05) is 13.7 Å². The lowest BCUT2D eigenvalue weighted by atomic mass is 10.3. The van der Waals surface area contributed by atoms with E-state index in [9.17, 15) is 0 Å². The van der Waals surface area contributed by atoms with Crippen molar-refractivity contribution in [3.05, 3.63) is 36.9 Å². The topological polar surface area (TPSA) is 38.7 Å². The summed E-state index contributed by atoms with van der Waals surface area (Å²) < 4.78 is 10.4. The zero-order valence-electron chi connectivity index (χ0n) is 8.14. The average molecular weight is 194 g/mol. The predicted molar refractivity (Wildman–Crippen MR) is 54.7 cm³/mol. The molecule has 0 amide bonds. The second kappa shape index (κ2) is 5.29. The van der Waals surface area contributed by atoms with Crippen molar-refractivity contribution in [3.8, 4) is 11.5 Å². The third kappa shape index (κ3) is 2.78. The van der Waals surface area contributed by atoms with E-state index in [0.717, 1.165) is 5.75 Å². The summed E-state index contributed by atoms with van der Waals surface area (Å²) in [7, 11) is 1.61. The van der Waals surface area contributed by atoms with Crippen LogP contribution in [0.15, 0.2) is 36.9 Å². The highest BCUT2D eigenvalue weighted by atomic mass is 16.5. The van der Waals surface area contributed by atoms with Gasteiger partial charge in [-0.2, -0.15) is 0 Å². The van der Waals surface area contributed by atoms with E-state index in [1.807, 2.05) is 0 Å². The van der Waals surface area contributed by atoms with Gasteiger partial charge in [0.05, 0.1) is 13.7 Å². The molecule has 3 nitrogen and oxygen atoms in total. The van der Waals surface area contributed by atoms with Crippen molar-refractivity contribution < 1.29 is 14.6 Å². The van der Waals surface area contributed by atoms with Crippen LogP contribution in [0.2, 0.25) is 0 Å². The fourth-order valence-corrected chi connectivity index (χ4v) is 0.989. The van der Waals surface area contributed by atoms with E-state index in [1.54, 1.807) is 37.5 Å². The Hall–Kier alpha value is -1.48. The molecule has 0 aliphatic rings. The lowest BCUT2D eigenvalue weighted by molar-refractivity contribution is 0.150. The molecule has 3 heteroatoms. The Kier molecular flexibility index (Phi) is 4.01. The molecule has 14 heavy (non-hydrogen) atoms. The highest BCUT2D eigenvalue weighted by Gasteiger charge is 2.03. The molecule has 0 saturated carbocycles. The molecule has 1 aromatic rings. The summed E-state index contributed by atoms with van der Waals surface area (Å²) in [6.07, 6.45) is 1.20. The Morgan fingerprint density at radius 2 is 1.93 bits per heavy atom. The van der Waals surface area contributed by atoms with E-state index in [-0.39, 0.29) is 12.7 Å². The Balaban J connectivity index is 2.63. The van der Waals surface area contributed by atoms with Gasteiger partial charge in [-0.3, -0.25) is 0 Å². The normalized spacial score (nSPS) is 11.9. The molecule has 1 atom stereocenters. The molecule has 1 unspecified atom stereocenters. The second-order valence-corrected chi connectivity index (χ2v) is 2.75. The standard InChI is InChI=1S/C11H14O3/c1-3-9(8-12)14-11-6-4-10(13-2)5-7-11/h3-7,9,12H,1,8H2,2H3. The molecule has 0 aliphatic carbocycles. The van der Waals surface area contributed by atoms with Crippen LogP contribution in [0.5, 0.6) is 11.5 Å². The number of benzene rings is 1. The van der Waals surface area contributed by atoms with Crippen LogP contribution in [0.25, 0.3) is 0 Å². The van der Waals surface area contributed by atoms with Crippen molar-refractivity contribution in [3.63, 3.8) is 0 Å². The molecule has 0 aromatic heterocycles. The summed E-state index contributed by atoms with van der Waals surface area (Å²) in [5.41, 5.74) is 0. The maximum Gasteiger partial charge on any atom is 0.140 e. The lowest BCUT2D eigenvalue weighted by Crippen LogP contribution is -2.17. The van der Waals surface area contributed by atoms with Gasteiger partial charge in [0.2, 0.25) is 0 Å². The van der Waals surface area contributed by atoms with E-state index in [0.29, 0.717) is 5.75 Å². The van der Waals surface area contributed by atoms with Crippen molar-refractivity contribution in [1.82, 2.24) is 0 Å². The molecule has 1 N–H and O–H groups in total. The summed E-state index contributed by atoms with van der Waals surface area (Å²) in [5.74, 6) is 1.46. The molecule has 0 aliphatic heterocycles. The van der Waals surface area contributed by atoms with Crippen LogP contribution in [0.4, 0.5) is 0 Å². The molecular weight excluding hydrogens is 180 g/mol. The van der Waals surface area contributed by atoms with E-state index in [4.69, 9.17) is 14.6 Å². The minimum atomic E-state index is -0.358. The Labute approximate surface area is 83.6 Å². The van der Waals surface area contributed by atoms with E-state index in [1.165, 1.54) is 0 Å². The summed E-state index contributed by atoms with van der Waals surface area (Å²) in [6.45, 7) is 3.48. The SMILES string of the molecule is C=CC(CO)Oc1ccc(OC)cc1. The van der Waals surface area contributed by atoms with Gasteiger partial charge in [-0.05, 0) is 30.3 Å². The third-order valence-corrected chi connectivity index (χ3v) is 1.79. The highest BCUT2D eigenvalue weighted by molar-refractivity contribution is 5.31. The number of hydrogen-bond acceptors (Lipinski definition) is 3. The van der Waals surface area contributed by atoms with Crippen LogP contribution in [0.1, 0.15) is 0 Å². The molecule has 0 heterocycles. The summed E-state index contributed by atoms with van der Waals surface area (Å²) in [4.78, 5) is 0. The number of methoxy groups -OCH3 is 1. The van der Waals surface area contributed by atoms with Crippen LogP contribution in [-0.2, 0) is 0 Å². The Morgan fingerprint density at radius 3 is 2.36 bits per heavy atom. The van der Waals surface area contributed by atoms with Crippen LogP contribution < -0.4 is 9.47 Å². The molecule has 1 rings (SSSR count). The van der Waals surface area contributed by atoms with Gasteiger partial charge in [-0.1, -0.05) is 6.58 Å². The molecule has 0 fully saturated rings. The lowest BCUT2D eigenvalue weighted by Gasteiger charge is -2.12. The van der Waals surface area contributed by atoms with Gasteiger partial charge in [0.1, 0.15) is 17.6 Å². The Morgan fingerprint density at radius 1 is 1.36 bits per heavy atom. The molecule has 0 saturated heterocycles. The zero-order chi connectivity index (χ0) is 10.4. The first-order valence-corrected chi connectivity index (χ1v) is 4.34. The van der Waals surface area contributed by atoms with Gasteiger partial charge in [0.15, 0.2) is 0 Å². The number of aliphatic hydroxyl groups is 1. The molecule has 76 valence electrons. The summed E-state index contributed by atoms with van der Waals surface area (Å²) in [5, 5.41) is 8.87. The van der Waals surface area contributed by atoms with Gasteiger partial charge < -0.3 is 14.6 Å². The maximum atomic E-state index is 8.87. The van der Waals surface area contributed by atoms with E-state index >= 15 is 0 Å². The molecule has 0 radical (unpaired) electrons. The maximum absolute atomic E-state index is 8.87. The van der Waals surface area contributed by atoms with E-state index < -0.39 is 0 Å². The Bertz CT molecular complexity index is 279. The van der Waals surface area contributed by atoms with Crippen molar-refractivity contribution in [2.45, 2.75) is 6.10 Å². The first kappa shape index (κ1) is 10.6. The van der Waals surface area contributed by atoms with Crippen LogP contribution in [-0.4, -0.2) is 24.9 Å². The van der Waals surface area contributed by atoms with Gasteiger partial charge in [0.25, 0.3) is 0 Å². The first-order chi connectivity index (χ1) is 6.80. The van der Waals surface area contributed by atoms with Gasteiger partial charge in [0, 0.05) is 0 Å². The van der Waals surface area contributed by atoms with Gasteiger partial charge in [-0.25, -0.2) is 0 Å². The number of rotatable bonds is 5.